The van der Waals surface area contributed by atoms with Crippen LogP contribution in [0.5, 0.6) is 0 Å². The molecule has 0 aromatic carbocycles. The Morgan fingerprint density at radius 1 is 1.26 bits per heavy atom. The highest BCUT2D eigenvalue weighted by Crippen LogP contribution is 2.69. The Labute approximate surface area is 160 Å². The third kappa shape index (κ3) is 2.24. The molecule has 0 heterocycles. The van der Waals surface area contributed by atoms with E-state index in [0.29, 0.717) is 24.8 Å². The first-order chi connectivity index (χ1) is 12.4. The van der Waals surface area contributed by atoms with Crippen LogP contribution in [0.15, 0.2) is 23.8 Å². The maximum atomic E-state index is 13.3. The molecule has 0 amide bonds. The minimum absolute atomic E-state index is 0.0530. The molecular formula is C22H30O5. The average Bonchev–Trinajstić information content (AvgIpc) is 2.76. The van der Waals surface area contributed by atoms with Crippen molar-refractivity contribution in [2.24, 2.45) is 28.1 Å². The summed E-state index contributed by atoms with van der Waals surface area (Å²) in [7, 11) is 0. The lowest BCUT2D eigenvalue weighted by molar-refractivity contribution is -0.190. The van der Waals surface area contributed by atoms with E-state index in [0.717, 1.165) is 12.0 Å². The molecule has 27 heavy (non-hydrogen) atoms. The Morgan fingerprint density at radius 2 is 1.93 bits per heavy atom. The van der Waals surface area contributed by atoms with Gasteiger partial charge in [-0.3, -0.25) is 9.59 Å². The smallest absolute Gasteiger partial charge is 0.302 e. The first kappa shape index (κ1) is 18.9. The minimum atomic E-state index is -0.819. The van der Waals surface area contributed by atoms with Crippen molar-refractivity contribution in [3.05, 3.63) is 23.8 Å². The van der Waals surface area contributed by atoms with E-state index in [1.165, 1.54) is 6.92 Å². The zero-order chi connectivity index (χ0) is 19.9. The predicted molar refractivity (Wildman–Crippen MR) is 99.6 cm³/mol. The fourth-order valence-corrected chi connectivity index (χ4v) is 7.06. The number of fused-ring (bicyclic) bond motifs is 3. The molecule has 0 aromatic rings. The number of hydrogen-bond donors (Lipinski definition) is 2. The van der Waals surface area contributed by atoms with Crippen LogP contribution in [-0.2, 0) is 14.3 Å². The van der Waals surface area contributed by atoms with Crippen LogP contribution in [-0.4, -0.2) is 40.3 Å². The summed E-state index contributed by atoms with van der Waals surface area (Å²) in [6, 6.07) is 0. The number of Topliss-reactive ketones (excluding diaryl/α,β-unsaturated/α-hetero) is 1. The molecule has 3 saturated carbocycles. The third-order valence-electron chi connectivity index (χ3n) is 8.07. The lowest BCUT2D eigenvalue weighted by Gasteiger charge is -2.63. The summed E-state index contributed by atoms with van der Waals surface area (Å²) in [6.07, 6.45) is 2.30. The van der Waals surface area contributed by atoms with Crippen LogP contribution in [0.3, 0.4) is 0 Å². The van der Waals surface area contributed by atoms with Crippen LogP contribution < -0.4 is 0 Å². The normalized spacial score (nSPS) is 47.8. The highest BCUT2D eigenvalue weighted by atomic mass is 16.5. The van der Waals surface area contributed by atoms with E-state index in [1.807, 2.05) is 13.0 Å². The standard InChI is InChI=1S/C22H30O5/c1-11-13-9-22(19(11)26)10-15(27-12(2)23)18-20(3,4)7-6-17(25)21(18,5)16(22)8-14(13)24/h8,13-15,17-18,24-25H,1,6-7,9-10H2,2-5H3/t13-,14-,15+,17+,18-,21-,22+/m1/s1. The summed E-state index contributed by atoms with van der Waals surface area (Å²) in [5.74, 6) is -0.825. The summed E-state index contributed by atoms with van der Waals surface area (Å²) in [6.45, 7) is 11.6. The van der Waals surface area contributed by atoms with Crippen LogP contribution in [0.1, 0.15) is 53.4 Å². The zero-order valence-electron chi connectivity index (χ0n) is 16.6. The molecule has 5 heteroatoms. The molecule has 0 saturated heterocycles. The van der Waals surface area contributed by atoms with Crippen molar-refractivity contribution in [3.63, 3.8) is 0 Å². The fraction of sp³-hybridized carbons (Fsp3) is 0.727. The number of carbonyl (C=O) groups is 2. The van der Waals surface area contributed by atoms with Gasteiger partial charge in [0.25, 0.3) is 0 Å². The summed E-state index contributed by atoms with van der Waals surface area (Å²) in [4.78, 5) is 25.2. The van der Waals surface area contributed by atoms with Crippen molar-refractivity contribution < 1.29 is 24.5 Å². The highest BCUT2D eigenvalue weighted by Gasteiger charge is 2.70. The quantitative estimate of drug-likeness (QED) is 0.419. The molecule has 0 unspecified atom stereocenters. The SMILES string of the molecule is C=C1C(=O)[C@@]23C[C@H](OC(C)=O)[C@@H]4C(C)(C)CC[C@H](O)[C@@]4(C)C2=C[C@@H](O)[C@@H]1C3. The molecule has 2 bridgehead atoms. The second-order valence-corrected chi connectivity index (χ2v) is 9.97. The van der Waals surface area contributed by atoms with E-state index in [9.17, 15) is 19.8 Å². The topological polar surface area (TPSA) is 83.8 Å². The van der Waals surface area contributed by atoms with Crippen molar-refractivity contribution in [2.45, 2.75) is 71.7 Å². The Kier molecular flexibility index (Phi) is 3.88. The van der Waals surface area contributed by atoms with Crippen LogP contribution in [0.25, 0.3) is 0 Å². The van der Waals surface area contributed by atoms with Crippen molar-refractivity contribution in [2.75, 3.05) is 0 Å². The van der Waals surface area contributed by atoms with Gasteiger partial charge in [-0.25, -0.2) is 0 Å². The van der Waals surface area contributed by atoms with Gasteiger partial charge in [0.1, 0.15) is 6.10 Å². The van der Waals surface area contributed by atoms with E-state index in [1.54, 1.807) is 0 Å². The molecule has 5 nitrogen and oxygen atoms in total. The number of esters is 1. The van der Waals surface area contributed by atoms with Crippen LogP contribution in [0, 0.1) is 28.1 Å². The second-order valence-electron chi connectivity index (χ2n) is 9.97. The van der Waals surface area contributed by atoms with Gasteiger partial charge in [0.2, 0.25) is 0 Å². The molecule has 1 spiro atoms. The number of hydrogen-bond acceptors (Lipinski definition) is 5. The van der Waals surface area contributed by atoms with Crippen molar-refractivity contribution in [1.29, 1.82) is 0 Å². The number of rotatable bonds is 1. The second kappa shape index (κ2) is 5.54. The summed E-state index contributed by atoms with van der Waals surface area (Å²) in [5.41, 5.74) is -0.414. The Balaban J connectivity index is 1.95. The maximum absolute atomic E-state index is 13.3. The molecule has 0 aliphatic heterocycles. The fourth-order valence-electron chi connectivity index (χ4n) is 7.06. The van der Waals surface area contributed by atoms with Crippen molar-refractivity contribution >= 4 is 11.8 Å². The lowest BCUT2D eigenvalue weighted by atomic mass is 9.42. The van der Waals surface area contributed by atoms with E-state index >= 15 is 0 Å². The van der Waals surface area contributed by atoms with Gasteiger partial charge in [0.15, 0.2) is 5.78 Å². The number of ketones is 1. The Morgan fingerprint density at radius 3 is 2.56 bits per heavy atom. The van der Waals surface area contributed by atoms with Crippen molar-refractivity contribution in [3.8, 4) is 0 Å². The van der Waals surface area contributed by atoms with E-state index < -0.39 is 29.1 Å². The molecule has 4 aliphatic carbocycles. The number of carbonyl (C=O) groups excluding carboxylic acids is 2. The minimum Gasteiger partial charge on any atom is -0.462 e. The van der Waals surface area contributed by atoms with Gasteiger partial charge in [0, 0.05) is 30.6 Å². The van der Waals surface area contributed by atoms with E-state index in [2.05, 4.69) is 20.4 Å². The highest BCUT2D eigenvalue weighted by molar-refractivity contribution is 6.05. The Hall–Kier alpha value is -1.46. The predicted octanol–water partition coefficient (Wildman–Crippen LogP) is 2.56. The largest absolute Gasteiger partial charge is 0.462 e. The molecule has 0 radical (unpaired) electrons. The first-order valence-electron chi connectivity index (χ1n) is 9.95. The van der Waals surface area contributed by atoms with E-state index in [-0.39, 0.29) is 29.0 Å². The van der Waals surface area contributed by atoms with Gasteiger partial charge >= 0.3 is 5.97 Å². The molecule has 0 aromatic heterocycles. The van der Waals surface area contributed by atoms with Gasteiger partial charge in [-0.05, 0) is 35.8 Å². The zero-order valence-corrected chi connectivity index (χ0v) is 16.6. The van der Waals surface area contributed by atoms with Crippen LogP contribution >= 0.6 is 0 Å². The van der Waals surface area contributed by atoms with Gasteiger partial charge in [-0.2, -0.15) is 0 Å². The lowest BCUT2D eigenvalue weighted by Crippen LogP contribution is -2.64. The summed E-state index contributed by atoms with van der Waals surface area (Å²) in [5, 5.41) is 21.8. The molecule has 148 valence electrons. The Bertz CT molecular complexity index is 765. The molecular weight excluding hydrogens is 344 g/mol. The van der Waals surface area contributed by atoms with Gasteiger partial charge in [-0.1, -0.05) is 33.4 Å². The summed E-state index contributed by atoms with van der Waals surface area (Å²) < 4.78 is 5.79. The number of aliphatic hydroxyl groups is 2. The number of aliphatic hydroxyl groups excluding tert-OH is 2. The monoisotopic (exact) mass is 374 g/mol. The van der Waals surface area contributed by atoms with E-state index in [4.69, 9.17) is 4.74 Å². The molecule has 4 aliphatic rings. The maximum Gasteiger partial charge on any atom is 0.302 e. The van der Waals surface area contributed by atoms with Gasteiger partial charge in [-0.15, -0.1) is 0 Å². The average molecular weight is 374 g/mol. The first-order valence-corrected chi connectivity index (χ1v) is 9.95. The van der Waals surface area contributed by atoms with Crippen LogP contribution in [0.2, 0.25) is 0 Å². The third-order valence-corrected chi connectivity index (χ3v) is 8.07. The molecule has 4 rings (SSSR count). The number of ether oxygens (including phenoxy) is 1. The molecule has 7 atom stereocenters. The van der Waals surface area contributed by atoms with Gasteiger partial charge < -0.3 is 14.9 Å². The van der Waals surface area contributed by atoms with Crippen molar-refractivity contribution in [1.82, 2.24) is 0 Å². The van der Waals surface area contributed by atoms with Gasteiger partial charge in [0.05, 0.1) is 17.6 Å². The summed E-state index contributed by atoms with van der Waals surface area (Å²) >= 11 is 0. The van der Waals surface area contributed by atoms with Crippen LogP contribution in [0.4, 0.5) is 0 Å². The molecule has 3 fully saturated rings. The molecule has 2 N–H and O–H groups in total.